The summed E-state index contributed by atoms with van der Waals surface area (Å²) in [6.07, 6.45) is 4.32. The largest absolute Gasteiger partial charge is 0.468 e. The Bertz CT molecular complexity index is 434. The monoisotopic (exact) mass is 299 g/mol. The van der Waals surface area contributed by atoms with Crippen LogP contribution in [0.3, 0.4) is 0 Å². The summed E-state index contributed by atoms with van der Waals surface area (Å²) in [5.41, 5.74) is 6.18. The molecule has 0 spiro atoms. The molecule has 0 saturated heterocycles. The summed E-state index contributed by atoms with van der Waals surface area (Å²) in [7, 11) is 1.28. The number of hydrogen-bond donors (Lipinski definition) is 2. The number of carbonyl (C=O) groups is 2. The van der Waals surface area contributed by atoms with E-state index in [-0.39, 0.29) is 18.9 Å². The lowest BCUT2D eigenvalue weighted by Gasteiger charge is -2.01. The number of thiazole rings is 1. The average molecular weight is 299 g/mol. The van der Waals surface area contributed by atoms with Gasteiger partial charge in [-0.1, -0.05) is 6.42 Å². The Kier molecular flexibility index (Phi) is 7.82. The minimum atomic E-state index is -0.461. The first kappa shape index (κ1) is 16.6. The lowest BCUT2D eigenvalue weighted by atomic mass is 10.2. The molecule has 0 bridgehead atoms. The Hall–Kier alpha value is -1.47. The summed E-state index contributed by atoms with van der Waals surface area (Å²) < 4.78 is 4.44. The van der Waals surface area contributed by atoms with Gasteiger partial charge in [-0.05, 0) is 25.8 Å². The molecule has 0 fully saturated rings. The number of unbranched alkanes of at least 4 members (excludes halogenated alkanes) is 2. The van der Waals surface area contributed by atoms with E-state index in [4.69, 9.17) is 5.73 Å². The molecular weight excluding hydrogens is 278 g/mol. The van der Waals surface area contributed by atoms with Crippen molar-refractivity contribution in [3.8, 4) is 0 Å². The van der Waals surface area contributed by atoms with Crippen LogP contribution in [0.5, 0.6) is 0 Å². The lowest BCUT2D eigenvalue weighted by molar-refractivity contribution is -0.141. The summed E-state index contributed by atoms with van der Waals surface area (Å²) in [5, 5.41) is 5.41. The van der Waals surface area contributed by atoms with E-state index in [1.807, 2.05) is 5.38 Å². The van der Waals surface area contributed by atoms with Gasteiger partial charge < -0.3 is 15.8 Å². The summed E-state index contributed by atoms with van der Waals surface area (Å²) in [6.45, 7) is 0.620. The van der Waals surface area contributed by atoms with Crippen molar-refractivity contribution in [1.82, 2.24) is 10.3 Å². The molecule has 1 amide bonds. The molecule has 0 radical (unpaired) electrons. The van der Waals surface area contributed by atoms with Gasteiger partial charge in [-0.25, -0.2) is 4.98 Å². The van der Waals surface area contributed by atoms with Crippen molar-refractivity contribution in [3.63, 3.8) is 0 Å². The van der Waals surface area contributed by atoms with Crippen LogP contribution in [-0.4, -0.2) is 37.1 Å². The van der Waals surface area contributed by atoms with Gasteiger partial charge in [0.15, 0.2) is 0 Å². The fourth-order valence-electron chi connectivity index (χ4n) is 1.61. The van der Waals surface area contributed by atoms with Crippen molar-refractivity contribution in [3.05, 3.63) is 16.1 Å². The number of ether oxygens (including phenoxy) is 1. The number of nitrogens with zero attached hydrogens (tertiary/aromatic N) is 1. The smallest absolute Gasteiger partial charge is 0.325 e. The molecule has 0 aromatic carbocycles. The molecule has 1 heterocycles. The summed E-state index contributed by atoms with van der Waals surface area (Å²) >= 11 is 1.56. The van der Waals surface area contributed by atoms with Gasteiger partial charge in [0, 0.05) is 5.38 Å². The second-order valence-corrected chi connectivity index (χ2v) is 5.30. The zero-order valence-electron chi connectivity index (χ0n) is 11.7. The first-order valence-corrected chi connectivity index (χ1v) is 7.50. The van der Waals surface area contributed by atoms with E-state index < -0.39 is 5.97 Å². The number of aryl methyl sites for hydroxylation is 1. The number of methoxy groups -OCH3 is 1. The van der Waals surface area contributed by atoms with Crippen molar-refractivity contribution in [1.29, 1.82) is 0 Å². The van der Waals surface area contributed by atoms with Crippen LogP contribution in [0.1, 0.15) is 30.0 Å². The van der Waals surface area contributed by atoms with E-state index in [1.54, 1.807) is 11.3 Å². The molecule has 1 aromatic heterocycles. The van der Waals surface area contributed by atoms with Gasteiger partial charge in [0.1, 0.15) is 6.54 Å². The molecule has 3 N–H and O–H groups in total. The van der Waals surface area contributed by atoms with Gasteiger partial charge in [-0.15, -0.1) is 11.3 Å². The Morgan fingerprint density at radius 2 is 2.20 bits per heavy atom. The van der Waals surface area contributed by atoms with Crippen LogP contribution < -0.4 is 11.1 Å². The minimum absolute atomic E-state index is 0.106. The van der Waals surface area contributed by atoms with Gasteiger partial charge in [-0.3, -0.25) is 9.59 Å². The predicted molar refractivity (Wildman–Crippen MR) is 77.5 cm³/mol. The first-order valence-electron chi connectivity index (χ1n) is 6.62. The van der Waals surface area contributed by atoms with Crippen LogP contribution in [-0.2, 0) is 27.2 Å². The number of rotatable bonds is 9. The van der Waals surface area contributed by atoms with E-state index in [0.717, 1.165) is 42.9 Å². The molecule has 0 aliphatic heterocycles. The molecule has 1 aromatic rings. The van der Waals surface area contributed by atoms with Gasteiger partial charge in [0.2, 0.25) is 5.91 Å². The van der Waals surface area contributed by atoms with Crippen LogP contribution in [0, 0.1) is 0 Å². The number of hydrogen-bond acceptors (Lipinski definition) is 6. The third-order valence-corrected chi connectivity index (χ3v) is 3.65. The molecule has 0 aliphatic rings. The van der Waals surface area contributed by atoms with E-state index >= 15 is 0 Å². The van der Waals surface area contributed by atoms with Gasteiger partial charge in [0.05, 0.1) is 24.2 Å². The fourth-order valence-corrected chi connectivity index (χ4v) is 2.45. The lowest BCUT2D eigenvalue weighted by Crippen LogP contribution is -2.31. The Morgan fingerprint density at radius 3 is 2.90 bits per heavy atom. The maximum Gasteiger partial charge on any atom is 0.325 e. The molecule has 0 unspecified atom stereocenters. The van der Waals surface area contributed by atoms with Crippen molar-refractivity contribution in [2.75, 3.05) is 20.2 Å². The molecule has 0 saturated carbocycles. The SMILES string of the molecule is COC(=O)CNC(=O)Cc1csc(CCCCCN)n1. The third kappa shape index (κ3) is 6.63. The average Bonchev–Trinajstić information content (AvgIpc) is 2.88. The molecule has 7 heteroatoms. The third-order valence-electron chi connectivity index (χ3n) is 2.69. The van der Waals surface area contributed by atoms with Gasteiger partial charge in [-0.2, -0.15) is 0 Å². The van der Waals surface area contributed by atoms with E-state index in [9.17, 15) is 9.59 Å². The first-order chi connectivity index (χ1) is 9.65. The maximum atomic E-state index is 11.6. The zero-order chi connectivity index (χ0) is 14.8. The van der Waals surface area contributed by atoms with Crippen LogP contribution in [0.25, 0.3) is 0 Å². The van der Waals surface area contributed by atoms with Crippen molar-refractivity contribution in [2.45, 2.75) is 32.1 Å². The summed E-state index contributed by atoms with van der Waals surface area (Å²) in [5.74, 6) is -0.687. The number of aromatic nitrogens is 1. The quantitative estimate of drug-likeness (QED) is 0.515. The highest BCUT2D eigenvalue weighted by Gasteiger charge is 2.09. The molecule has 112 valence electrons. The number of nitrogens with two attached hydrogens (primary N) is 1. The second-order valence-electron chi connectivity index (χ2n) is 4.36. The fraction of sp³-hybridized carbons (Fsp3) is 0.615. The molecule has 20 heavy (non-hydrogen) atoms. The Morgan fingerprint density at radius 1 is 1.40 bits per heavy atom. The minimum Gasteiger partial charge on any atom is -0.468 e. The van der Waals surface area contributed by atoms with E-state index in [0.29, 0.717) is 0 Å². The normalized spacial score (nSPS) is 10.3. The topological polar surface area (TPSA) is 94.3 Å². The number of esters is 1. The number of carbonyl (C=O) groups excluding carboxylic acids is 2. The van der Waals surface area contributed by atoms with Gasteiger partial charge >= 0.3 is 5.97 Å². The number of nitrogens with one attached hydrogen (secondary N) is 1. The highest BCUT2D eigenvalue weighted by atomic mass is 32.1. The van der Waals surface area contributed by atoms with Crippen molar-refractivity contribution in [2.24, 2.45) is 5.73 Å². The van der Waals surface area contributed by atoms with Crippen LogP contribution in [0.4, 0.5) is 0 Å². The maximum absolute atomic E-state index is 11.6. The van der Waals surface area contributed by atoms with E-state index in [1.165, 1.54) is 7.11 Å². The Balaban J connectivity index is 2.28. The zero-order valence-corrected chi connectivity index (χ0v) is 12.5. The molecular formula is C13H21N3O3S. The predicted octanol–water partition coefficient (Wildman–Crippen LogP) is 0.646. The standard InChI is InChI=1S/C13H21N3O3S/c1-19-13(18)8-15-11(17)7-10-9-20-12(16-10)5-3-2-4-6-14/h9H,2-8,14H2,1H3,(H,15,17). The highest BCUT2D eigenvalue weighted by Crippen LogP contribution is 2.13. The number of amides is 1. The Labute approximate surface area is 122 Å². The van der Waals surface area contributed by atoms with Crippen LogP contribution >= 0.6 is 11.3 Å². The van der Waals surface area contributed by atoms with Crippen LogP contribution in [0.15, 0.2) is 5.38 Å². The molecule has 6 nitrogen and oxygen atoms in total. The molecule has 0 atom stereocenters. The van der Waals surface area contributed by atoms with Crippen LogP contribution in [0.2, 0.25) is 0 Å². The summed E-state index contributed by atoms with van der Waals surface area (Å²) in [6, 6.07) is 0. The van der Waals surface area contributed by atoms with E-state index in [2.05, 4.69) is 15.0 Å². The highest BCUT2D eigenvalue weighted by molar-refractivity contribution is 7.09. The second kappa shape index (κ2) is 9.44. The van der Waals surface area contributed by atoms with Gasteiger partial charge in [0.25, 0.3) is 0 Å². The molecule has 0 aliphatic carbocycles. The molecule has 1 rings (SSSR count). The van der Waals surface area contributed by atoms with Crippen molar-refractivity contribution >= 4 is 23.2 Å². The van der Waals surface area contributed by atoms with Crippen molar-refractivity contribution < 1.29 is 14.3 Å². The summed E-state index contributed by atoms with van der Waals surface area (Å²) in [4.78, 5) is 26.9.